The van der Waals surface area contributed by atoms with Crippen LogP contribution in [0.1, 0.15) is 25.0 Å². The largest absolute Gasteiger partial charge is 0.303 e. The number of benzene rings is 1. The number of fused-ring (bicyclic) bond motifs is 1. The van der Waals surface area contributed by atoms with Gasteiger partial charge in [0.1, 0.15) is 0 Å². The number of nitrogens with one attached hydrogen (secondary N) is 1. The van der Waals surface area contributed by atoms with E-state index < -0.39 is 10.0 Å². The summed E-state index contributed by atoms with van der Waals surface area (Å²) in [4.78, 5) is 4.44. The van der Waals surface area contributed by atoms with Crippen LogP contribution in [-0.2, 0) is 23.0 Å². The molecule has 0 saturated carbocycles. The molecule has 0 radical (unpaired) electrons. The fourth-order valence-corrected chi connectivity index (χ4v) is 4.01. The van der Waals surface area contributed by atoms with E-state index >= 15 is 0 Å². The van der Waals surface area contributed by atoms with Gasteiger partial charge in [0.15, 0.2) is 0 Å². The van der Waals surface area contributed by atoms with E-state index in [1.54, 1.807) is 0 Å². The molecule has 0 amide bonds. The predicted molar refractivity (Wildman–Crippen MR) is 95.0 cm³/mol. The van der Waals surface area contributed by atoms with Crippen LogP contribution in [0.3, 0.4) is 0 Å². The maximum Gasteiger partial charge on any atom is 0.212 e. The molecule has 0 saturated heterocycles. The van der Waals surface area contributed by atoms with Crippen LogP contribution < -0.4 is 4.72 Å². The van der Waals surface area contributed by atoms with Crippen LogP contribution in [0.25, 0.3) is 0 Å². The van der Waals surface area contributed by atoms with Crippen LogP contribution in [0, 0.1) is 0 Å². The first kappa shape index (κ1) is 18.4. The monoisotopic (exact) mass is 339 g/mol. The third-order valence-electron chi connectivity index (χ3n) is 4.53. The molecule has 1 aromatic carbocycles. The molecule has 0 bridgehead atoms. The Morgan fingerprint density at radius 1 is 1.17 bits per heavy atom. The summed E-state index contributed by atoms with van der Waals surface area (Å²) in [5.74, 6) is 0.178. The van der Waals surface area contributed by atoms with Crippen molar-refractivity contribution in [2.45, 2.75) is 26.8 Å². The lowest BCUT2D eigenvalue weighted by Crippen LogP contribution is -2.40. The SMILES string of the molecule is CCN(CC)CCS(=O)(=O)NCCN1CCc2ccccc2C1. The molecule has 0 atom stereocenters. The van der Waals surface area contributed by atoms with Crippen LogP contribution in [0.15, 0.2) is 24.3 Å². The van der Waals surface area contributed by atoms with Gasteiger partial charge in [0.25, 0.3) is 0 Å². The first-order valence-corrected chi connectivity index (χ1v) is 10.2. The van der Waals surface area contributed by atoms with Gasteiger partial charge in [-0.15, -0.1) is 0 Å². The standard InChI is InChI=1S/C17H29N3O2S/c1-3-19(4-2)13-14-23(21,22)18-10-12-20-11-9-16-7-5-6-8-17(16)15-20/h5-8,18H,3-4,9-15H2,1-2H3. The number of nitrogens with zero attached hydrogens (tertiary/aromatic N) is 2. The third-order valence-corrected chi connectivity index (χ3v) is 5.89. The molecule has 23 heavy (non-hydrogen) atoms. The normalized spacial score (nSPS) is 15.8. The number of sulfonamides is 1. The predicted octanol–water partition coefficient (Wildman–Crippen LogP) is 1.31. The van der Waals surface area contributed by atoms with Crippen molar-refractivity contribution in [2.75, 3.05) is 45.0 Å². The molecule has 0 aromatic heterocycles. The maximum atomic E-state index is 12.1. The molecule has 1 aliphatic heterocycles. The number of hydrogen-bond donors (Lipinski definition) is 1. The number of rotatable bonds is 9. The van der Waals surface area contributed by atoms with Gasteiger partial charge in [0.05, 0.1) is 5.75 Å². The Morgan fingerprint density at radius 3 is 2.57 bits per heavy atom. The Hall–Kier alpha value is -0.950. The van der Waals surface area contributed by atoms with E-state index in [0.717, 1.165) is 39.1 Å². The van der Waals surface area contributed by atoms with Crippen LogP contribution in [0.4, 0.5) is 0 Å². The molecule has 1 heterocycles. The first-order valence-electron chi connectivity index (χ1n) is 8.53. The molecule has 6 heteroatoms. The fraction of sp³-hybridized carbons (Fsp3) is 0.647. The molecular formula is C17H29N3O2S. The van der Waals surface area contributed by atoms with Gasteiger partial charge in [-0.05, 0) is 30.6 Å². The molecule has 0 spiro atoms. The van der Waals surface area contributed by atoms with Crippen molar-refractivity contribution in [2.24, 2.45) is 0 Å². The molecule has 2 rings (SSSR count). The first-order chi connectivity index (χ1) is 11.0. The van der Waals surface area contributed by atoms with Crippen LogP contribution in [0.5, 0.6) is 0 Å². The van der Waals surface area contributed by atoms with Crippen LogP contribution in [-0.4, -0.2) is 63.2 Å². The third kappa shape index (κ3) is 5.88. The van der Waals surface area contributed by atoms with Gasteiger partial charge >= 0.3 is 0 Å². The van der Waals surface area contributed by atoms with Crippen LogP contribution >= 0.6 is 0 Å². The molecule has 1 aromatic rings. The topological polar surface area (TPSA) is 52.7 Å². The Bertz CT molecular complexity index is 585. The van der Waals surface area contributed by atoms with Crippen molar-refractivity contribution in [3.8, 4) is 0 Å². The summed E-state index contributed by atoms with van der Waals surface area (Å²) in [6.45, 7) is 9.64. The summed E-state index contributed by atoms with van der Waals surface area (Å²) in [5, 5.41) is 0. The van der Waals surface area contributed by atoms with Gasteiger partial charge < -0.3 is 4.90 Å². The van der Waals surface area contributed by atoms with Crippen molar-refractivity contribution >= 4 is 10.0 Å². The fourth-order valence-electron chi connectivity index (χ4n) is 2.97. The highest BCUT2D eigenvalue weighted by Gasteiger charge is 2.16. The highest BCUT2D eigenvalue weighted by Crippen LogP contribution is 2.17. The second kappa shape index (κ2) is 8.78. The van der Waals surface area contributed by atoms with E-state index in [1.165, 1.54) is 11.1 Å². The van der Waals surface area contributed by atoms with Gasteiger partial charge in [0, 0.05) is 32.7 Å². The summed E-state index contributed by atoms with van der Waals surface area (Å²) in [7, 11) is -3.18. The summed E-state index contributed by atoms with van der Waals surface area (Å²) >= 11 is 0. The summed E-state index contributed by atoms with van der Waals surface area (Å²) in [5.41, 5.74) is 2.78. The Balaban J connectivity index is 1.72. The van der Waals surface area contributed by atoms with Crippen LogP contribution in [0.2, 0.25) is 0 Å². The smallest absolute Gasteiger partial charge is 0.212 e. The second-order valence-electron chi connectivity index (χ2n) is 6.03. The quantitative estimate of drug-likeness (QED) is 0.737. The average molecular weight is 340 g/mol. The molecule has 1 aliphatic rings. The lowest BCUT2D eigenvalue weighted by molar-refractivity contribution is 0.258. The maximum absolute atomic E-state index is 12.1. The minimum absolute atomic E-state index is 0.178. The van der Waals surface area contributed by atoms with E-state index in [4.69, 9.17) is 0 Å². The summed E-state index contributed by atoms with van der Waals surface area (Å²) in [6.07, 6.45) is 1.05. The van der Waals surface area contributed by atoms with Crippen molar-refractivity contribution in [1.82, 2.24) is 14.5 Å². The molecule has 130 valence electrons. The second-order valence-corrected chi connectivity index (χ2v) is 7.96. The average Bonchev–Trinajstić information content (AvgIpc) is 2.55. The van der Waals surface area contributed by atoms with E-state index in [2.05, 4.69) is 52.6 Å². The molecule has 1 N–H and O–H groups in total. The highest BCUT2D eigenvalue weighted by atomic mass is 32.2. The van der Waals surface area contributed by atoms with E-state index in [1.807, 2.05) is 0 Å². The molecular weight excluding hydrogens is 310 g/mol. The van der Waals surface area contributed by atoms with Gasteiger partial charge in [-0.2, -0.15) is 0 Å². The minimum Gasteiger partial charge on any atom is -0.303 e. The molecule has 5 nitrogen and oxygen atoms in total. The summed E-state index contributed by atoms with van der Waals surface area (Å²) < 4.78 is 26.8. The van der Waals surface area contributed by atoms with Crippen molar-refractivity contribution in [1.29, 1.82) is 0 Å². The lowest BCUT2D eigenvalue weighted by atomic mass is 10.0. The molecule has 0 aliphatic carbocycles. The van der Waals surface area contributed by atoms with E-state index in [-0.39, 0.29) is 5.75 Å². The highest BCUT2D eigenvalue weighted by molar-refractivity contribution is 7.89. The van der Waals surface area contributed by atoms with Crippen molar-refractivity contribution in [3.05, 3.63) is 35.4 Å². The minimum atomic E-state index is -3.18. The number of hydrogen-bond acceptors (Lipinski definition) is 4. The molecule has 0 unspecified atom stereocenters. The Kier molecular flexibility index (Phi) is 7.02. The van der Waals surface area contributed by atoms with Crippen molar-refractivity contribution < 1.29 is 8.42 Å². The zero-order chi connectivity index (χ0) is 16.7. The Morgan fingerprint density at radius 2 is 1.87 bits per heavy atom. The van der Waals surface area contributed by atoms with Gasteiger partial charge in [-0.25, -0.2) is 13.1 Å². The van der Waals surface area contributed by atoms with Gasteiger partial charge in [0.2, 0.25) is 10.0 Å². The van der Waals surface area contributed by atoms with Gasteiger partial charge in [-0.3, -0.25) is 4.90 Å². The Labute approximate surface area is 140 Å². The molecule has 0 fully saturated rings. The van der Waals surface area contributed by atoms with E-state index in [0.29, 0.717) is 13.1 Å². The van der Waals surface area contributed by atoms with Crippen molar-refractivity contribution in [3.63, 3.8) is 0 Å². The summed E-state index contributed by atoms with van der Waals surface area (Å²) in [6, 6.07) is 8.50. The zero-order valence-electron chi connectivity index (χ0n) is 14.3. The van der Waals surface area contributed by atoms with E-state index in [9.17, 15) is 8.42 Å². The van der Waals surface area contributed by atoms with Gasteiger partial charge in [-0.1, -0.05) is 38.1 Å². The lowest BCUT2D eigenvalue weighted by Gasteiger charge is -2.28. The zero-order valence-corrected chi connectivity index (χ0v) is 15.1.